The molecule has 0 aliphatic heterocycles. The summed E-state index contributed by atoms with van der Waals surface area (Å²) in [5, 5.41) is 0.727. The smallest absolute Gasteiger partial charge is 0.211 e. The number of fused-ring (bicyclic) bond motifs is 1. The van der Waals surface area contributed by atoms with Gasteiger partial charge in [0.05, 0.1) is 26.2 Å². The molecule has 90 valence electrons. The molecule has 0 radical (unpaired) electrons. The summed E-state index contributed by atoms with van der Waals surface area (Å²) in [5.74, 6) is 1.19. The SMILES string of the molecule is COc1cc(OC)c2cc(C(=O)CN)oc2c1. The van der Waals surface area contributed by atoms with E-state index in [0.717, 1.165) is 5.39 Å². The fourth-order valence-electron chi connectivity index (χ4n) is 1.61. The minimum atomic E-state index is -0.248. The quantitative estimate of drug-likeness (QED) is 0.814. The van der Waals surface area contributed by atoms with Crippen LogP contribution < -0.4 is 15.2 Å². The number of hydrogen-bond donors (Lipinski definition) is 1. The summed E-state index contributed by atoms with van der Waals surface area (Å²) in [6, 6.07) is 5.06. The second-order valence-electron chi connectivity index (χ2n) is 3.48. The van der Waals surface area contributed by atoms with E-state index in [4.69, 9.17) is 19.6 Å². The molecule has 0 spiro atoms. The Morgan fingerprint density at radius 2 is 2.06 bits per heavy atom. The number of furan rings is 1. The van der Waals surface area contributed by atoms with Gasteiger partial charge in [-0.1, -0.05) is 0 Å². The molecule has 0 unspecified atom stereocenters. The van der Waals surface area contributed by atoms with Crippen molar-refractivity contribution in [3.8, 4) is 11.5 Å². The van der Waals surface area contributed by atoms with Crippen LogP contribution in [-0.4, -0.2) is 26.5 Å². The van der Waals surface area contributed by atoms with Gasteiger partial charge in [0.15, 0.2) is 5.76 Å². The van der Waals surface area contributed by atoms with Gasteiger partial charge < -0.3 is 19.6 Å². The van der Waals surface area contributed by atoms with Crippen LogP contribution in [0, 0.1) is 0 Å². The first-order valence-corrected chi connectivity index (χ1v) is 5.08. The summed E-state index contributed by atoms with van der Waals surface area (Å²) in [5.41, 5.74) is 5.83. The zero-order chi connectivity index (χ0) is 12.4. The van der Waals surface area contributed by atoms with Crippen molar-refractivity contribution < 1.29 is 18.7 Å². The molecule has 2 N–H and O–H groups in total. The average Bonchev–Trinajstić information content (AvgIpc) is 2.80. The van der Waals surface area contributed by atoms with E-state index >= 15 is 0 Å². The fourth-order valence-corrected chi connectivity index (χ4v) is 1.61. The summed E-state index contributed by atoms with van der Waals surface area (Å²) in [7, 11) is 3.10. The topological polar surface area (TPSA) is 74.7 Å². The molecule has 5 heteroatoms. The summed E-state index contributed by atoms with van der Waals surface area (Å²) in [4.78, 5) is 11.4. The maximum atomic E-state index is 11.4. The van der Waals surface area contributed by atoms with Crippen molar-refractivity contribution in [3.63, 3.8) is 0 Å². The number of ketones is 1. The fraction of sp³-hybridized carbons (Fsp3) is 0.250. The zero-order valence-electron chi connectivity index (χ0n) is 9.65. The number of hydrogen-bond acceptors (Lipinski definition) is 5. The molecule has 17 heavy (non-hydrogen) atoms. The van der Waals surface area contributed by atoms with E-state index in [-0.39, 0.29) is 18.1 Å². The van der Waals surface area contributed by atoms with Gasteiger partial charge in [-0.3, -0.25) is 4.79 Å². The van der Waals surface area contributed by atoms with Crippen LogP contribution in [0.4, 0.5) is 0 Å². The molecule has 0 saturated carbocycles. The highest BCUT2D eigenvalue weighted by molar-refractivity contribution is 6.00. The first kappa shape index (κ1) is 11.5. The molecule has 5 nitrogen and oxygen atoms in total. The van der Waals surface area contributed by atoms with E-state index < -0.39 is 0 Å². The predicted octanol–water partition coefficient (Wildman–Crippen LogP) is 1.59. The van der Waals surface area contributed by atoms with Gasteiger partial charge in [-0.15, -0.1) is 0 Å². The van der Waals surface area contributed by atoms with Gasteiger partial charge in [-0.2, -0.15) is 0 Å². The monoisotopic (exact) mass is 235 g/mol. The van der Waals surface area contributed by atoms with Crippen LogP contribution in [-0.2, 0) is 0 Å². The Bertz CT molecular complexity index is 559. The highest BCUT2D eigenvalue weighted by Gasteiger charge is 2.14. The Kier molecular flexibility index (Phi) is 3.01. The van der Waals surface area contributed by atoms with Gasteiger partial charge in [0.25, 0.3) is 0 Å². The van der Waals surface area contributed by atoms with Crippen molar-refractivity contribution in [2.75, 3.05) is 20.8 Å². The second kappa shape index (κ2) is 4.47. The van der Waals surface area contributed by atoms with Gasteiger partial charge in [-0.25, -0.2) is 0 Å². The van der Waals surface area contributed by atoms with Crippen molar-refractivity contribution in [1.82, 2.24) is 0 Å². The predicted molar refractivity (Wildman–Crippen MR) is 62.7 cm³/mol. The highest BCUT2D eigenvalue weighted by atomic mass is 16.5. The highest BCUT2D eigenvalue weighted by Crippen LogP contribution is 2.33. The molecule has 0 bridgehead atoms. The summed E-state index contributed by atoms with van der Waals surface area (Å²) < 4.78 is 15.7. The van der Waals surface area contributed by atoms with Crippen molar-refractivity contribution in [2.45, 2.75) is 0 Å². The normalized spacial score (nSPS) is 10.5. The van der Waals surface area contributed by atoms with Crippen LogP contribution >= 0.6 is 0 Å². The van der Waals surface area contributed by atoms with Crippen LogP contribution in [0.15, 0.2) is 22.6 Å². The number of benzene rings is 1. The van der Waals surface area contributed by atoms with Crippen LogP contribution in [0.1, 0.15) is 10.6 Å². The van der Waals surface area contributed by atoms with Gasteiger partial charge in [-0.05, 0) is 6.07 Å². The molecule has 1 aromatic heterocycles. The van der Waals surface area contributed by atoms with Crippen LogP contribution in [0.25, 0.3) is 11.0 Å². The van der Waals surface area contributed by atoms with Gasteiger partial charge in [0.2, 0.25) is 5.78 Å². The average molecular weight is 235 g/mol. The Morgan fingerprint density at radius 3 is 2.65 bits per heavy atom. The number of carbonyl (C=O) groups excluding carboxylic acids is 1. The maximum absolute atomic E-state index is 11.4. The lowest BCUT2D eigenvalue weighted by Crippen LogP contribution is -2.12. The number of methoxy groups -OCH3 is 2. The van der Waals surface area contributed by atoms with E-state index in [1.54, 1.807) is 32.4 Å². The van der Waals surface area contributed by atoms with Crippen molar-refractivity contribution in [3.05, 3.63) is 24.0 Å². The van der Waals surface area contributed by atoms with E-state index in [2.05, 4.69) is 0 Å². The first-order chi connectivity index (χ1) is 8.19. The third-order valence-corrected chi connectivity index (χ3v) is 2.49. The van der Waals surface area contributed by atoms with Gasteiger partial charge in [0.1, 0.15) is 17.1 Å². The lowest BCUT2D eigenvalue weighted by Gasteiger charge is -2.04. The second-order valence-corrected chi connectivity index (χ2v) is 3.48. The van der Waals surface area contributed by atoms with Crippen molar-refractivity contribution in [2.24, 2.45) is 5.73 Å². The van der Waals surface area contributed by atoms with E-state index in [0.29, 0.717) is 17.1 Å². The summed E-state index contributed by atoms with van der Waals surface area (Å²) in [6.07, 6.45) is 0. The largest absolute Gasteiger partial charge is 0.496 e. The Hall–Kier alpha value is -2.01. The zero-order valence-corrected chi connectivity index (χ0v) is 9.65. The number of ether oxygens (including phenoxy) is 2. The molecular formula is C12H13NO4. The number of carbonyl (C=O) groups is 1. The molecule has 0 aliphatic rings. The molecule has 2 rings (SSSR count). The third-order valence-electron chi connectivity index (χ3n) is 2.49. The lowest BCUT2D eigenvalue weighted by molar-refractivity contribution is 0.0977. The molecular weight excluding hydrogens is 222 g/mol. The van der Waals surface area contributed by atoms with E-state index in [9.17, 15) is 4.79 Å². The molecule has 0 fully saturated rings. The Labute approximate surface area is 98.1 Å². The molecule has 0 amide bonds. The first-order valence-electron chi connectivity index (χ1n) is 5.08. The van der Waals surface area contributed by atoms with Crippen LogP contribution in [0.5, 0.6) is 11.5 Å². The number of Topliss-reactive ketones (excluding diaryl/α,β-unsaturated/α-hetero) is 1. The van der Waals surface area contributed by atoms with E-state index in [1.165, 1.54) is 0 Å². The third kappa shape index (κ3) is 1.97. The molecule has 1 aromatic carbocycles. The number of rotatable bonds is 4. The molecule has 0 atom stereocenters. The van der Waals surface area contributed by atoms with Gasteiger partial charge >= 0.3 is 0 Å². The molecule has 2 aromatic rings. The minimum absolute atomic E-state index is 0.0841. The molecule has 0 saturated heterocycles. The molecule has 0 aliphatic carbocycles. The van der Waals surface area contributed by atoms with Crippen LogP contribution in [0.3, 0.4) is 0 Å². The van der Waals surface area contributed by atoms with Crippen molar-refractivity contribution in [1.29, 1.82) is 0 Å². The van der Waals surface area contributed by atoms with Crippen molar-refractivity contribution >= 4 is 16.8 Å². The lowest BCUT2D eigenvalue weighted by atomic mass is 10.2. The standard InChI is InChI=1S/C12H13NO4/c1-15-7-3-10(16-2)8-5-12(9(14)6-13)17-11(8)4-7/h3-5H,6,13H2,1-2H3. The Balaban J connectivity index is 2.62. The van der Waals surface area contributed by atoms with Crippen LogP contribution in [0.2, 0.25) is 0 Å². The summed E-state index contributed by atoms with van der Waals surface area (Å²) in [6.45, 7) is -0.0841. The maximum Gasteiger partial charge on any atom is 0.211 e. The minimum Gasteiger partial charge on any atom is -0.496 e. The summed E-state index contributed by atoms with van der Waals surface area (Å²) >= 11 is 0. The molecule has 1 heterocycles. The van der Waals surface area contributed by atoms with Gasteiger partial charge in [0, 0.05) is 12.1 Å². The van der Waals surface area contributed by atoms with E-state index in [1.807, 2.05) is 0 Å². The number of nitrogens with two attached hydrogens (primary N) is 1. The Morgan fingerprint density at radius 1 is 1.29 bits per heavy atom.